The number of aromatic nitrogens is 1. The van der Waals surface area contributed by atoms with E-state index in [1.165, 1.54) is 52.9 Å². The monoisotopic (exact) mass is 429 g/mol. The highest BCUT2D eigenvalue weighted by atomic mass is 32.2. The molecular formula is C21H20FN3O2S2. The third-order valence-electron chi connectivity index (χ3n) is 3.94. The molecule has 0 aliphatic rings. The maximum absolute atomic E-state index is 12.9. The standard InChI is InChI=1S/C21H20FN3O2S2/c1-14-2-4-15(5-3-14)11-23-19(26)10-18-12-28-21(25-18)29-13-20(27)24-17-8-6-16(22)7-9-17/h2-9,12H,10-11,13H2,1H3,(H,23,26)(H,24,27). The summed E-state index contributed by atoms with van der Waals surface area (Å²) < 4.78 is 13.6. The Hall–Kier alpha value is -2.71. The van der Waals surface area contributed by atoms with Gasteiger partial charge in [-0.15, -0.1) is 11.3 Å². The quantitative estimate of drug-likeness (QED) is 0.527. The Kier molecular flexibility index (Phi) is 7.37. The Morgan fingerprint density at radius 2 is 1.79 bits per heavy atom. The molecule has 2 amide bonds. The molecule has 8 heteroatoms. The fraction of sp³-hybridized carbons (Fsp3) is 0.190. The van der Waals surface area contributed by atoms with Crippen LogP contribution in [-0.2, 0) is 22.6 Å². The zero-order valence-electron chi connectivity index (χ0n) is 15.8. The molecule has 0 spiro atoms. The highest BCUT2D eigenvalue weighted by Crippen LogP contribution is 2.23. The number of rotatable bonds is 8. The number of amides is 2. The number of carbonyl (C=O) groups excluding carboxylic acids is 2. The molecule has 0 atom stereocenters. The zero-order valence-corrected chi connectivity index (χ0v) is 17.4. The predicted molar refractivity (Wildman–Crippen MR) is 115 cm³/mol. The Balaban J connectivity index is 1.41. The number of thiazole rings is 1. The molecular weight excluding hydrogens is 409 g/mol. The van der Waals surface area contributed by atoms with Crippen LogP contribution in [0.25, 0.3) is 0 Å². The van der Waals surface area contributed by atoms with Crippen LogP contribution >= 0.6 is 23.1 Å². The van der Waals surface area contributed by atoms with Crippen molar-refractivity contribution in [3.8, 4) is 0 Å². The van der Waals surface area contributed by atoms with Gasteiger partial charge in [0.2, 0.25) is 11.8 Å². The van der Waals surface area contributed by atoms with Crippen molar-refractivity contribution in [2.45, 2.75) is 24.2 Å². The van der Waals surface area contributed by atoms with Crippen molar-refractivity contribution < 1.29 is 14.0 Å². The van der Waals surface area contributed by atoms with Gasteiger partial charge >= 0.3 is 0 Å². The van der Waals surface area contributed by atoms with Gasteiger partial charge in [-0.2, -0.15) is 0 Å². The fourth-order valence-electron chi connectivity index (χ4n) is 2.43. The second-order valence-corrected chi connectivity index (χ2v) is 8.47. The van der Waals surface area contributed by atoms with Gasteiger partial charge in [0.1, 0.15) is 5.82 Å². The van der Waals surface area contributed by atoms with E-state index >= 15 is 0 Å². The zero-order chi connectivity index (χ0) is 20.6. The van der Waals surface area contributed by atoms with E-state index in [0.717, 1.165) is 9.90 Å². The van der Waals surface area contributed by atoms with Crippen molar-refractivity contribution in [1.29, 1.82) is 0 Å². The molecule has 0 aliphatic carbocycles. The number of carbonyl (C=O) groups is 2. The number of nitrogens with one attached hydrogen (secondary N) is 2. The van der Waals surface area contributed by atoms with Crippen molar-refractivity contribution in [3.63, 3.8) is 0 Å². The van der Waals surface area contributed by atoms with E-state index in [4.69, 9.17) is 0 Å². The molecule has 0 saturated heterocycles. The van der Waals surface area contributed by atoms with Gasteiger partial charge in [-0.3, -0.25) is 9.59 Å². The molecule has 0 fully saturated rings. The average Bonchev–Trinajstić information content (AvgIpc) is 3.15. The normalized spacial score (nSPS) is 10.6. The molecule has 0 bridgehead atoms. The maximum Gasteiger partial charge on any atom is 0.234 e. The van der Waals surface area contributed by atoms with Gasteiger partial charge in [0, 0.05) is 17.6 Å². The first-order valence-electron chi connectivity index (χ1n) is 8.93. The molecule has 0 unspecified atom stereocenters. The fourth-order valence-corrected chi connectivity index (χ4v) is 4.07. The van der Waals surface area contributed by atoms with Crippen LogP contribution < -0.4 is 10.6 Å². The number of anilines is 1. The van der Waals surface area contributed by atoms with Crippen LogP contribution in [-0.4, -0.2) is 22.6 Å². The molecule has 1 heterocycles. The summed E-state index contributed by atoms with van der Waals surface area (Å²) >= 11 is 2.70. The second-order valence-electron chi connectivity index (χ2n) is 6.39. The van der Waals surface area contributed by atoms with Crippen molar-refractivity contribution >= 4 is 40.6 Å². The minimum Gasteiger partial charge on any atom is -0.352 e. The summed E-state index contributed by atoms with van der Waals surface area (Å²) in [6.45, 7) is 2.50. The predicted octanol–water partition coefficient (Wildman–Crippen LogP) is 4.18. The Bertz CT molecular complexity index is 972. The molecule has 3 aromatic rings. The van der Waals surface area contributed by atoms with E-state index in [0.29, 0.717) is 17.9 Å². The number of benzene rings is 2. The van der Waals surface area contributed by atoms with Crippen LogP contribution in [0.1, 0.15) is 16.8 Å². The van der Waals surface area contributed by atoms with Crippen LogP contribution in [0, 0.1) is 12.7 Å². The van der Waals surface area contributed by atoms with E-state index in [1.807, 2.05) is 36.6 Å². The largest absolute Gasteiger partial charge is 0.352 e. The van der Waals surface area contributed by atoms with Gasteiger partial charge < -0.3 is 10.6 Å². The molecule has 0 saturated carbocycles. The first kappa shape index (κ1) is 21.0. The van der Waals surface area contributed by atoms with E-state index < -0.39 is 0 Å². The van der Waals surface area contributed by atoms with Gasteiger partial charge in [0.25, 0.3) is 0 Å². The summed E-state index contributed by atoms with van der Waals surface area (Å²) in [7, 11) is 0. The SMILES string of the molecule is Cc1ccc(CNC(=O)Cc2csc(SCC(=O)Nc3ccc(F)cc3)n2)cc1. The first-order chi connectivity index (χ1) is 14.0. The van der Waals surface area contributed by atoms with E-state index in [2.05, 4.69) is 15.6 Å². The lowest BCUT2D eigenvalue weighted by Gasteiger charge is -2.05. The summed E-state index contributed by atoms with van der Waals surface area (Å²) in [5.74, 6) is -0.462. The number of thioether (sulfide) groups is 1. The van der Waals surface area contributed by atoms with Gasteiger partial charge in [-0.1, -0.05) is 41.6 Å². The molecule has 5 nitrogen and oxygen atoms in total. The number of halogens is 1. The number of hydrogen-bond acceptors (Lipinski definition) is 5. The van der Waals surface area contributed by atoms with Gasteiger partial charge in [0.05, 0.1) is 17.9 Å². The van der Waals surface area contributed by atoms with E-state index in [1.54, 1.807) is 0 Å². The molecule has 0 radical (unpaired) electrons. The lowest BCUT2D eigenvalue weighted by molar-refractivity contribution is -0.120. The van der Waals surface area contributed by atoms with Crippen LogP contribution in [0.4, 0.5) is 10.1 Å². The maximum atomic E-state index is 12.9. The smallest absolute Gasteiger partial charge is 0.234 e. The van der Waals surface area contributed by atoms with Gasteiger partial charge in [-0.05, 0) is 36.8 Å². The van der Waals surface area contributed by atoms with Crippen molar-refractivity contribution in [3.05, 3.63) is 76.5 Å². The molecule has 3 rings (SSSR count). The summed E-state index contributed by atoms with van der Waals surface area (Å²) in [6, 6.07) is 13.6. The first-order valence-corrected chi connectivity index (χ1v) is 10.8. The number of hydrogen-bond donors (Lipinski definition) is 2. The van der Waals surface area contributed by atoms with Gasteiger partial charge in [0.15, 0.2) is 4.34 Å². The summed E-state index contributed by atoms with van der Waals surface area (Å²) in [6.07, 6.45) is 0.199. The Morgan fingerprint density at radius 3 is 2.52 bits per heavy atom. The van der Waals surface area contributed by atoms with Crippen molar-refractivity contribution in [2.75, 3.05) is 11.1 Å². The number of aryl methyl sites for hydroxylation is 1. The lowest BCUT2D eigenvalue weighted by atomic mass is 10.1. The Labute approximate surface area is 176 Å². The molecule has 2 N–H and O–H groups in total. The molecule has 1 aromatic heterocycles. The minimum atomic E-state index is -0.351. The molecule has 2 aromatic carbocycles. The van der Waals surface area contributed by atoms with Crippen molar-refractivity contribution in [2.24, 2.45) is 0 Å². The van der Waals surface area contributed by atoms with Crippen LogP contribution in [0.5, 0.6) is 0 Å². The lowest BCUT2D eigenvalue weighted by Crippen LogP contribution is -2.24. The summed E-state index contributed by atoms with van der Waals surface area (Å²) in [5, 5.41) is 7.41. The second kappa shape index (κ2) is 10.2. The van der Waals surface area contributed by atoms with Crippen molar-refractivity contribution in [1.82, 2.24) is 10.3 Å². The molecule has 29 heavy (non-hydrogen) atoms. The molecule has 0 aliphatic heterocycles. The third-order valence-corrected chi connectivity index (χ3v) is 6.01. The average molecular weight is 430 g/mol. The van der Waals surface area contributed by atoms with Gasteiger partial charge in [-0.25, -0.2) is 9.37 Å². The minimum absolute atomic E-state index is 0.0959. The summed E-state index contributed by atoms with van der Waals surface area (Å²) in [4.78, 5) is 28.5. The van der Waals surface area contributed by atoms with E-state index in [9.17, 15) is 14.0 Å². The van der Waals surface area contributed by atoms with Crippen LogP contribution in [0.15, 0.2) is 58.3 Å². The summed E-state index contributed by atoms with van der Waals surface area (Å²) in [5.41, 5.74) is 3.45. The van der Waals surface area contributed by atoms with Crippen LogP contribution in [0.3, 0.4) is 0 Å². The number of nitrogens with zero attached hydrogens (tertiary/aromatic N) is 1. The topological polar surface area (TPSA) is 71.1 Å². The third kappa shape index (κ3) is 6.99. The highest BCUT2D eigenvalue weighted by Gasteiger charge is 2.10. The van der Waals surface area contributed by atoms with Crippen LogP contribution in [0.2, 0.25) is 0 Å². The highest BCUT2D eigenvalue weighted by molar-refractivity contribution is 8.01. The van der Waals surface area contributed by atoms with E-state index in [-0.39, 0.29) is 29.8 Å². The molecule has 150 valence electrons. The Morgan fingerprint density at radius 1 is 1.07 bits per heavy atom.